The van der Waals surface area contributed by atoms with Gasteiger partial charge in [-0.15, -0.1) is 0 Å². The zero-order chi connectivity index (χ0) is 14.0. The number of rotatable bonds is 3. The van der Waals surface area contributed by atoms with Gasteiger partial charge < -0.3 is 9.84 Å². The van der Waals surface area contributed by atoms with Crippen molar-refractivity contribution in [3.05, 3.63) is 0 Å². The monoisotopic (exact) mass is 299 g/mol. The molecule has 1 spiro atoms. The highest BCUT2D eigenvalue weighted by Gasteiger charge is 2.43. The lowest BCUT2D eigenvalue weighted by atomic mass is 9.86. The summed E-state index contributed by atoms with van der Waals surface area (Å²) in [6.07, 6.45) is 7.10. The van der Waals surface area contributed by atoms with Crippen LogP contribution >= 0.6 is 11.8 Å². The van der Waals surface area contributed by atoms with Crippen LogP contribution in [0.15, 0.2) is 0 Å². The SMILES string of the molecule is O=C(O)CC1CCCCN1C1CCOC2(CCSC2)C1. The van der Waals surface area contributed by atoms with Crippen LogP contribution in [0.3, 0.4) is 0 Å². The standard InChI is InChI=1S/C15H25NO3S/c17-14(18)9-12-3-1-2-6-16(12)13-4-7-19-15(10-13)5-8-20-11-15/h12-13H,1-11H2,(H,17,18). The van der Waals surface area contributed by atoms with Crippen molar-refractivity contribution >= 4 is 17.7 Å². The molecule has 0 bridgehead atoms. The first kappa shape index (κ1) is 14.7. The molecule has 4 nitrogen and oxygen atoms in total. The molecule has 0 radical (unpaired) electrons. The van der Waals surface area contributed by atoms with Gasteiger partial charge in [-0.1, -0.05) is 6.42 Å². The number of likely N-dealkylation sites (tertiary alicyclic amines) is 1. The Bertz CT molecular complexity index is 357. The molecule has 0 saturated carbocycles. The number of hydrogen-bond acceptors (Lipinski definition) is 4. The van der Waals surface area contributed by atoms with Crippen molar-refractivity contribution in [1.82, 2.24) is 4.90 Å². The summed E-state index contributed by atoms with van der Waals surface area (Å²) < 4.78 is 6.10. The molecular weight excluding hydrogens is 274 g/mol. The third-order valence-corrected chi connectivity index (χ3v) is 6.31. The van der Waals surface area contributed by atoms with E-state index in [9.17, 15) is 4.79 Å². The molecule has 5 heteroatoms. The van der Waals surface area contributed by atoms with Gasteiger partial charge in [0.15, 0.2) is 0 Å². The van der Waals surface area contributed by atoms with Gasteiger partial charge in [-0.25, -0.2) is 0 Å². The van der Waals surface area contributed by atoms with Crippen LogP contribution < -0.4 is 0 Å². The predicted octanol–water partition coefficient (Wildman–Crippen LogP) is 2.37. The molecule has 114 valence electrons. The fraction of sp³-hybridized carbons (Fsp3) is 0.933. The van der Waals surface area contributed by atoms with Gasteiger partial charge in [-0.3, -0.25) is 9.69 Å². The fourth-order valence-corrected chi connectivity index (χ4v) is 5.45. The molecule has 3 heterocycles. The minimum absolute atomic E-state index is 0.0960. The fourth-order valence-electron chi connectivity index (χ4n) is 4.07. The van der Waals surface area contributed by atoms with E-state index in [0.717, 1.165) is 38.2 Å². The average Bonchev–Trinajstić information content (AvgIpc) is 2.87. The van der Waals surface area contributed by atoms with E-state index >= 15 is 0 Å². The molecule has 3 aliphatic rings. The van der Waals surface area contributed by atoms with Crippen LogP contribution in [0.2, 0.25) is 0 Å². The maximum absolute atomic E-state index is 11.1. The van der Waals surface area contributed by atoms with Crippen LogP contribution in [0.25, 0.3) is 0 Å². The van der Waals surface area contributed by atoms with Crippen molar-refractivity contribution in [1.29, 1.82) is 0 Å². The van der Waals surface area contributed by atoms with Crippen molar-refractivity contribution in [2.75, 3.05) is 24.7 Å². The predicted molar refractivity (Wildman–Crippen MR) is 80.2 cm³/mol. The molecule has 3 rings (SSSR count). The summed E-state index contributed by atoms with van der Waals surface area (Å²) in [6.45, 7) is 1.92. The number of aliphatic carboxylic acids is 1. The lowest BCUT2D eigenvalue weighted by Gasteiger charge is -2.47. The van der Waals surface area contributed by atoms with Gasteiger partial charge in [0.25, 0.3) is 0 Å². The summed E-state index contributed by atoms with van der Waals surface area (Å²) in [6, 6.07) is 0.780. The van der Waals surface area contributed by atoms with E-state index in [1.54, 1.807) is 0 Å². The Kier molecular flexibility index (Phi) is 4.58. The van der Waals surface area contributed by atoms with E-state index in [1.165, 1.54) is 25.0 Å². The minimum atomic E-state index is -0.653. The van der Waals surface area contributed by atoms with E-state index in [2.05, 4.69) is 4.90 Å². The quantitative estimate of drug-likeness (QED) is 0.867. The molecule has 1 N–H and O–H groups in total. The largest absolute Gasteiger partial charge is 0.481 e. The van der Waals surface area contributed by atoms with E-state index in [-0.39, 0.29) is 11.6 Å². The summed E-state index contributed by atoms with van der Waals surface area (Å²) in [5, 5.41) is 9.13. The Morgan fingerprint density at radius 1 is 1.40 bits per heavy atom. The first-order valence-electron chi connectivity index (χ1n) is 7.88. The van der Waals surface area contributed by atoms with Crippen LogP contribution in [0.4, 0.5) is 0 Å². The normalized spacial score (nSPS) is 39.2. The number of ether oxygens (including phenoxy) is 1. The molecule has 3 saturated heterocycles. The Hall–Kier alpha value is -0.260. The zero-order valence-corrected chi connectivity index (χ0v) is 12.9. The highest BCUT2D eigenvalue weighted by Crippen LogP contribution is 2.40. The summed E-state index contributed by atoms with van der Waals surface area (Å²) >= 11 is 2.00. The molecule has 3 fully saturated rings. The van der Waals surface area contributed by atoms with Crippen molar-refractivity contribution in [2.45, 2.75) is 62.6 Å². The second-order valence-electron chi connectivity index (χ2n) is 6.47. The van der Waals surface area contributed by atoms with Crippen LogP contribution in [0.5, 0.6) is 0 Å². The van der Waals surface area contributed by atoms with Gasteiger partial charge in [0.05, 0.1) is 12.0 Å². The van der Waals surface area contributed by atoms with Gasteiger partial charge in [0.2, 0.25) is 0 Å². The van der Waals surface area contributed by atoms with Crippen molar-refractivity contribution in [3.63, 3.8) is 0 Å². The molecule has 3 atom stereocenters. The van der Waals surface area contributed by atoms with E-state index < -0.39 is 5.97 Å². The molecule has 0 amide bonds. The zero-order valence-electron chi connectivity index (χ0n) is 12.1. The first-order valence-corrected chi connectivity index (χ1v) is 9.03. The average molecular weight is 299 g/mol. The Balaban J connectivity index is 1.67. The van der Waals surface area contributed by atoms with Gasteiger partial charge in [0, 0.05) is 24.4 Å². The second kappa shape index (κ2) is 6.24. The topological polar surface area (TPSA) is 49.8 Å². The minimum Gasteiger partial charge on any atom is -0.481 e. The number of carbonyl (C=O) groups is 1. The van der Waals surface area contributed by atoms with Gasteiger partial charge >= 0.3 is 5.97 Å². The van der Waals surface area contributed by atoms with E-state index in [4.69, 9.17) is 9.84 Å². The third-order valence-electron chi connectivity index (χ3n) is 5.09. The molecule has 0 aromatic rings. The summed E-state index contributed by atoms with van der Waals surface area (Å²) in [4.78, 5) is 13.6. The molecule has 0 aliphatic carbocycles. The molecule has 0 aromatic heterocycles. The summed E-state index contributed by atoms with van der Waals surface area (Å²) in [7, 11) is 0. The number of piperidine rings is 1. The number of hydrogen-bond donors (Lipinski definition) is 1. The van der Waals surface area contributed by atoms with Crippen LogP contribution in [-0.4, -0.2) is 58.3 Å². The lowest BCUT2D eigenvalue weighted by Crippen LogP contribution is -2.53. The van der Waals surface area contributed by atoms with Crippen molar-refractivity contribution < 1.29 is 14.6 Å². The Labute approximate surface area is 125 Å². The van der Waals surface area contributed by atoms with Crippen LogP contribution in [-0.2, 0) is 9.53 Å². The van der Waals surface area contributed by atoms with Crippen molar-refractivity contribution in [3.8, 4) is 0 Å². The van der Waals surface area contributed by atoms with Crippen LogP contribution in [0.1, 0.15) is 44.9 Å². The second-order valence-corrected chi connectivity index (χ2v) is 7.57. The highest BCUT2D eigenvalue weighted by atomic mass is 32.2. The molecule has 0 aromatic carbocycles. The Morgan fingerprint density at radius 2 is 2.30 bits per heavy atom. The molecule has 3 unspecified atom stereocenters. The number of carboxylic acids is 1. The highest BCUT2D eigenvalue weighted by molar-refractivity contribution is 7.99. The maximum atomic E-state index is 11.1. The van der Waals surface area contributed by atoms with Gasteiger partial charge in [0.1, 0.15) is 0 Å². The molecule has 3 aliphatic heterocycles. The van der Waals surface area contributed by atoms with Crippen LogP contribution in [0, 0.1) is 0 Å². The van der Waals surface area contributed by atoms with Gasteiger partial charge in [-0.2, -0.15) is 11.8 Å². The van der Waals surface area contributed by atoms with Crippen molar-refractivity contribution in [2.24, 2.45) is 0 Å². The van der Waals surface area contributed by atoms with Gasteiger partial charge in [-0.05, 0) is 44.4 Å². The third kappa shape index (κ3) is 3.15. The number of nitrogens with zero attached hydrogens (tertiary/aromatic N) is 1. The number of thioether (sulfide) groups is 1. The smallest absolute Gasteiger partial charge is 0.304 e. The first-order chi connectivity index (χ1) is 9.69. The summed E-state index contributed by atoms with van der Waals surface area (Å²) in [5.41, 5.74) is 0.0960. The van der Waals surface area contributed by atoms with E-state index in [1.807, 2.05) is 11.8 Å². The maximum Gasteiger partial charge on any atom is 0.304 e. The molecular formula is C15H25NO3S. The number of carboxylic acid groups (broad SMARTS) is 1. The lowest BCUT2D eigenvalue weighted by molar-refractivity contribution is -0.140. The Morgan fingerprint density at radius 3 is 3.05 bits per heavy atom. The molecule has 20 heavy (non-hydrogen) atoms. The van der Waals surface area contributed by atoms with E-state index in [0.29, 0.717) is 12.5 Å². The summed E-state index contributed by atoms with van der Waals surface area (Å²) in [5.74, 6) is 1.69.